The standard InChI is InChI=1S/C11H16N6S/c1-17-15-11(14-16-17)7-9(13-12)8-5-3-4-6-10(8)18-2/h3-6,9,13H,7,12H2,1-2H3. The van der Waals surface area contributed by atoms with Crippen LogP contribution in [0.1, 0.15) is 17.4 Å². The normalized spacial score (nSPS) is 12.6. The number of nitrogens with one attached hydrogen (secondary N) is 1. The predicted molar refractivity (Wildman–Crippen MR) is 70.8 cm³/mol. The van der Waals surface area contributed by atoms with Crippen LogP contribution in [-0.4, -0.2) is 26.5 Å². The Labute approximate surface area is 110 Å². The van der Waals surface area contributed by atoms with Gasteiger partial charge in [0, 0.05) is 11.3 Å². The molecule has 96 valence electrons. The Morgan fingerprint density at radius 2 is 2.22 bits per heavy atom. The molecule has 0 aliphatic heterocycles. The third-order valence-electron chi connectivity index (χ3n) is 2.65. The Morgan fingerprint density at radius 1 is 1.44 bits per heavy atom. The molecule has 0 bridgehead atoms. The summed E-state index contributed by atoms with van der Waals surface area (Å²) in [6, 6.07) is 8.14. The highest BCUT2D eigenvalue weighted by Crippen LogP contribution is 2.26. The summed E-state index contributed by atoms with van der Waals surface area (Å²) in [5, 5.41) is 12.0. The number of hydrazine groups is 1. The summed E-state index contributed by atoms with van der Waals surface area (Å²) in [7, 11) is 1.75. The number of thioether (sulfide) groups is 1. The first-order chi connectivity index (χ1) is 8.74. The van der Waals surface area contributed by atoms with E-state index in [1.165, 1.54) is 9.69 Å². The Hall–Kier alpha value is -1.44. The second kappa shape index (κ2) is 5.94. The summed E-state index contributed by atoms with van der Waals surface area (Å²) < 4.78 is 0. The molecule has 7 heteroatoms. The molecule has 0 aliphatic rings. The van der Waals surface area contributed by atoms with Crippen molar-refractivity contribution in [2.75, 3.05) is 6.26 Å². The molecule has 1 atom stereocenters. The first-order valence-electron chi connectivity index (χ1n) is 5.56. The van der Waals surface area contributed by atoms with Crippen LogP contribution in [0.15, 0.2) is 29.2 Å². The van der Waals surface area contributed by atoms with E-state index in [4.69, 9.17) is 5.84 Å². The lowest BCUT2D eigenvalue weighted by atomic mass is 10.0. The molecule has 2 rings (SSSR count). The van der Waals surface area contributed by atoms with Crippen LogP contribution >= 0.6 is 11.8 Å². The van der Waals surface area contributed by atoms with Crippen molar-refractivity contribution in [1.82, 2.24) is 25.6 Å². The summed E-state index contributed by atoms with van der Waals surface area (Å²) >= 11 is 1.70. The molecule has 1 aromatic carbocycles. The Balaban J connectivity index is 2.22. The molecule has 1 unspecified atom stereocenters. The van der Waals surface area contributed by atoms with Crippen LogP contribution in [0.5, 0.6) is 0 Å². The van der Waals surface area contributed by atoms with Crippen molar-refractivity contribution >= 4 is 11.8 Å². The number of aryl methyl sites for hydroxylation is 1. The highest BCUT2D eigenvalue weighted by Gasteiger charge is 2.16. The topological polar surface area (TPSA) is 81.7 Å². The number of hydrogen-bond donors (Lipinski definition) is 2. The van der Waals surface area contributed by atoms with E-state index in [1.54, 1.807) is 18.8 Å². The molecule has 0 radical (unpaired) electrons. The SMILES string of the molecule is CSc1ccccc1C(Cc1nnn(C)n1)NN. The van der Waals surface area contributed by atoms with Crippen molar-refractivity contribution in [3.05, 3.63) is 35.7 Å². The minimum absolute atomic E-state index is 0.0159. The quantitative estimate of drug-likeness (QED) is 0.469. The van der Waals surface area contributed by atoms with Gasteiger partial charge in [-0.2, -0.15) is 4.80 Å². The van der Waals surface area contributed by atoms with Gasteiger partial charge in [-0.1, -0.05) is 18.2 Å². The average molecular weight is 264 g/mol. The molecule has 0 amide bonds. The average Bonchev–Trinajstić information content (AvgIpc) is 2.81. The van der Waals surface area contributed by atoms with E-state index in [1.807, 2.05) is 18.4 Å². The number of nitrogens with two attached hydrogens (primary N) is 1. The number of tetrazole rings is 1. The monoisotopic (exact) mass is 264 g/mol. The van der Waals surface area contributed by atoms with Crippen molar-refractivity contribution in [2.45, 2.75) is 17.4 Å². The van der Waals surface area contributed by atoms with Gasteiger partial charge in [-0.05, 0) is 23.1 Å². The molecule has 1 heterocycles. The van der Waals surface area contributed by atoms with Crippen molar-refractivity contribution < 1.29 is 0 Å². The summed E-state index contributed by atoms with van der Waals surface area (Å²) in [5.41, 5.74) is 3.97. The summed E-state index contributed by atoms with van der Waals surface area (Å²) in [4.78, 5) is 2.65. The van der Waals surface area contributed by atoms with E-state index < -0.39 is 0 Å². The largest absolute Gasteiger partial charge is 0.271 e. The van der Waals surface area contributed by atoms with Gasteiger partial charge in [-0.25, -0.2) is 0 Å². The molecule has 0 saturated heterocycles. The highest BCUT2D eigenvalue weighted by atomic mass is 32.2. The van der Waals surface area contributed by atoms with Gasteiger partial charge in [0.25, 0.3) is 0 Å². The van der Waals surface area contributed by atoms with Crippen LogP contribution in [0, 0.1) is 0 Å². The van der Waals surface area contributed by atoms with Gasteiger partial charge in [0.2, 0.25) is 0 Å². The van der Waals surface area contributed by atoms with Crippen LogP contribution in [0.3, 0.4) is 0 Å². The van der Waals surface area contributed by atoms with E-state index in [-0.39, 0.29) is 6.04 Å². The number of benzene rings is 1. The van der Waals surface area contributed by atoms with Crippen molar-refractivity contribution in [3.8, 4) is 0 Å². The molecular formula is C11H16N6S. The minimum Gasteiger partial charge on any atom is -0.271 e. The second-order valence-electron chi connectivity index (χ2n) is 3.86. The molecule has 3 N–H and O–H groups in total. The molecule has 0 saturated carbocycles. The van der Waals surface area contributed by atoms with Crippen LogP contribution in [-0.2, 0) is 13.5 Å². The second-order valence-corrected chi connectivity index (χ2v) is 4.71. The van der Waals surface area contributed by atoms with E-state index in [2.05, 4.69) is 33.0 Å². The third kappa shape index (κ3) is 2.87. The van der Waals surface area contributed by atoms with E-state index in [0.717, 1.165) is 5.56 Å². The molecule has 1 aromatic heterocycles. The van der Waals surface area contributed by atoms with Crippen LogP contribution in [0.25, 0.3) is 0 Å². The molecular weight excluding hydrogens is 248 g/mol. The number of aromatic nitrogens is 4. The maximum atomic E-state index is 5.64. The number of hydrogen-bond acceptors (Lipinski definition) is 6. The van der Waals surface area contributed by atoms with Gasteiger partial charge in [-0.15, -0.1) is 22.0 Å². The molecule has 2 aromatic rings. The Kier molecular flexibility index (Phi) is 4.29. The van der Waals surface area contributed by atoms with E-state index in [9.17, 15) is 0 Å². The van der Waals surface area contributed by atoms with Crippen LogP contribution < -0.4 is 11.3 Å². The number of nitrogens with zero attached hydrogens (tertiary/aromatic N) is 4. The van der Waals surface area contributed by atoms with E-state index >= 15 is 0 Å². The zero-order chi connectivity index (χ0) is 13.0. The van der Waals surface area contributed by atoms with Gasteiger partial charge in [0.15, 0.2) is 5.82 Å². The van der Waals surface area contributed by atoms with Crippen molar-refractivity contribution in [2.24, 2.45) is 12.9 Å². The van der Waals surface area contributed by atoms with Gasteiger partial charge >= 0.3 is 0 Å². The lowest BCUT2D eigenvalue weighted by Crippen LogP contribution is -2.30. The minimum atomic E-state index is -0.0159. The first kappa shape index (κ1) is 13.0. The third-order valence-corrected chi connectivity index (χ3v) is 3.46. The van der Waals surface area contributed by atoms with Crippen molar-refractivity contribution in [3.63, 3.8) is 0 Å². The summed E-state index contributed by atoms with van der Waals surface area (Å²) in [6.45, 7) is 0. The fourth-order valence-electron chi connectivity index (χ4n) is 1.80. The van der Waals surface area contributed by atoms with Gasteiger partial charge in [0.1, 0.15) is 0 Å². The lowest BCUT2D eigenvalue weighted by molar-refractivity contribution is 0.529. The Bertz CT molecular complexity index is 512. The van der Waals surface area contributed by atoms with E-state index in [0.29, 0.717) is 12.2 Å². The van der Waals surface area contributed by atoms with Crippen LogP contribution in [0.2, 0.25) is 0 Å². The highest BCUT2D eigenvalue weighted by molar-refractivity contribution is 7.98. The molecule has 18 heavy (non-hydrogen) atoms. The van der Waals surface area contributed by atoms with Crippen molar-refractivity contribution in [1.29, 1.82) is 0 Å². The summed E-state index contributed by atoms with van der Waals surface area (Å²) in [5.74, 6) is 6.32. The van der Waals surface area contributed by atoms with Crippen LogP contribution in [0.4, 0.5) is 0 Å². The zero-order valence-corrected chi connectivity index (χ0v) is 11.2. The maximum Gasteiger partial charge on any atom is 0.176 e. The van der Waals surface area contributed by atoms with Gasteiger partial charge < -0.3 is 0 Å². The number of rotatable bonds is 5. The zero-order valence-electron chi connectivity index (χ0n) is 10.4. The lowest BCUT2D eigenvalue weighted by Gasteiger charge is -2.17. The molecule has 6 nitrogen and oxygen atoms in total. The fraction of sp³-hybridized carbons (Fsp3) is 0.364. The smallest absolute Gasteiger partial charge is 0.176 e. The molecule has 0 fully saturated rings. The predicted octanol–water partition coefficient (Wildman–Crippen LogP) is 0.679. The molecule has 0 aliphatic carbocycles. The maximum absolute atomic E-state index is 5.64. The Morgan fingerprint density at radius 3 is 2.83 bits per heavy atom. The van der Waals surface area contributed by atoms with Gasteiger partial charge in [0.05, 0.1) is 13.1 Å². The van der Waals surface area contributed by atoms with Gasteiger partial charge in [-0.3, -0.25) is 11.3 Å². The molecule has 0 spiro atoms. The summed E-state index contributed by atoms with van der Waals surface area (Å²) in [6.07, 6.45) is 2.66. The first-order valence-corrected chi connectivity index (χ1v) is 6.79. The fourth-order valence-corrected chi connectivity index (χ4v) is 2.46.